The highest BCUT2D eigenvalue weighted by molar-refractivity contribution is 9.10. The molecule has 1 aliphatic heterocycles. The fraction of sp³-hybridized carbons (Fsp3) is 0.562. The van der Waals surface area contributed by atoms with E-state index in [1.807, 2.05) is 0 Å². The van der Waals surface area contributed by atoms with Crippen LogP contribution in [0.15, 0.2) is 22.7 Å². The zero-order valence-corrected chi connectivity index (χ0v) is 12.8. The second kappa shape index (κ2) is 5.66. The van der Waals surface area contributed by atoms with Gasteiger partial charge < -0.3 is 4.90 Å². The Labute approximate surface area is 123 Å². The Morgan fingerprint density at radius 3 is 2.79 bits per heavy atom. The molecule has 1 aromatic rings. The Morgan fingerprint density at radius 2 is 2.00 bits per heavy atom. The molecule has 1 fully saturated rings. The molecule has 1 aromatic carbocycles. The van der Waals surface area contributed by atoms with E-state index >= 15 is 0 Å². The number of benzene rings is 1. The molecule has 102 valence electrons. The number of nitrogens with zero attached hydrogens (tertiary/aromatic N) is 1. The summed E-state index contributed by atoms with van der Waals surface area (Å²) in [6.45, 7) is 1.68. The fourth-order valence-electron chi connectivity index (χ4n) is 3.36. The van der Waals surface area contributed by atoms with E-state index in [1.54, 1.807) is 0 Å². The van der Waals surface area contributed by atoms with E-state index in [1.165, 1.54) is 34.9 Å². The Bertz CT molecular complexity index is 480. The van der Waals surface area contributed by atoms with Gasteiger partial charge >= 0.3 is 0 Å². The van der Waals surface area contributed by atoms with Crippen molar-refractivity contribution in [2.24, 2.45) is 5.92 Å². The average molecular weight is 322 g/mol. The molecule has 0 spiro atoms. The van der Waals surface area contributed by atoms with Crippen LogP contribution in [0.3, 0.4) is 0 Å². The van der Waals surface area contributed by atoms with Crippen molar-refractivity contribution in [2.75, 3.05) is 6.54 Å². The number of hydrogen-bond acceptors (Lipinski definition) is 1. The highest BCUT2D eigenvalue weighted by atomic mass is 79.9. The zero-order chi connectivity index (χ0) is 13.2. The largest absolute Gasteiger partial charge is 0.338 e. The molecule has 3 heteroatoms. The van der Waals surface area contributed by atoms with E-state index in [9.17, 15) is 4.79 Å². The molecular formula is C16H20BrNO. The number of amides is 1. The molecule has 1 heterocycles. The van der Waals surface area contributed by atoms with Gasteiger partial charge in [-0.25, -0.2) is 0 Å². The maximum Gasteiger partial charge on any atom is 0.225 e. The summed E-state index contributed by atoms with van der Waals surface area (Å²) < 4.78 is 1.19. The molecular weight excluding hydrogens is 302 g/mol. The van der Waals surface area contributed by atoms with Gasteiger partial charge in [0, 0.05) is 23.5 Å². The van der Waals surface area contributed by atoms with Crippen LogP contribution in [0.2, 0.25) is 0 Å². The van der Waals surface area contributed by atoms with E-state index in [0.717, 1.165) is 32.4 Å². The van der Waals surface area contributed by atoms with E-state index < -0.39 is 0 Å². The van der Waals surface area contributed by atoms with Gasteiger partial charge in [-0.05, 0) is 36.5 Å². The predicted octanol–water partition coefficient (Wildman–Crippen LogP) is 3.91. The first kappa shape index (κ1) is 13.2. The SMILES string of the molecule is O=C(C1CCCCC1)N1CCc2c(Br)cccc2C1. The molecule has 1 aliphatic carbocycles. The monoisotopic (exact) mass is 321 g/mol. The second-order valence-electron chi connectivity index (χ2n) is 5.72. The quantitative estimate of drug-likeness (QED) is 0.767. The standard InChI is InChI=1S/C16H20BrNO/c17-15-8-4-7-13-11-18(10-9-14(13)15)16(19)12-5-2-1-3-6-12/h4,7-8,12H,1-3,5-6,9-11H2. The molecule has 1 saturated carbocycles. The Morgan fingerprint density at radius 1 is 1.21 bits per heavy atom. The smallest absolute Gasteiger partial charge is 0.225 e. The normalized spacial score (nSPS) is 20.2. The molecule has 0 aromatic heterocycles. The molecule has 2 aliphatic rings. The summed E-state index contributed by atoms with van der Waals surface area (Å²) in [4.78, 5) is 14.6. The van der Waals surface area contributed by atoms with Gasteiger partial charge in [0.05, 0.1) is 0 Å². The van der Waals surface area contributed by atoms with Gasteiger partial charge in [-0.1, -0.05) is 47.3 Å². The van der Waals surface area contributed by atoms with E-state index in [4.69, 9.17) is 0 Å². The lowest BCUT2D eigenvalue weighted by molar-refractivity contribution is -0.137. The van der Waals surface area contributed by atoms with Gasteiger partial charge in [0.25, 0.3) is 0 Å². The molecule has 0 radical (unpaired) electrons. The Balaban J connectivity index is 1.73. The van der Waals surface area contributed by atoms with Crippen LogP contribution in [0.1, 0.15) is 43.2 Å². The molecule has 2 nitrogen and oxygen atoms in total. The molecule has 0 bridgehead atoms. The highest BCUT2D eigenvalue weighted by Crippen LogP contribution is 2.30. The van der Waals surface area contributed by atoms with Crippen LogP contribution < -0.4 is 0 Å². The fourth-order valence-corrected chi connectivity index (χ4v) is 3.96. The number of carbonyl (C=O) groups is 1. The summed E-state index contributed by atoms with van der Waals surface area (Å²) >= 11 is 3.61. The number of rotatable bonds is 1. The maximum absolute atomic E-state index is 12.6. The zero-order valence-electron chi connectivity index (χ0n) is 11.2. The van der Waals surface area contributed by atoms with Gasteiger partial charge in [-0.2, -0.15) is 0 Å². The first-order valence-electron chi connectivity index (χ1n) is 7.31. The number of carbonyl (C=O) groups excluding carboxylic acids is 1. The van der Waals surface area contributed by atoms with Crippen LogP contribution in [0.4, 0.5) is 0 Å². The van der Waals surface area contributed by atoms with Crippen molar-refractivity contribution < 1.29 is 4.79 Å². The van der Waals surface area contributed by atoms with Crippen molar-refractivity contribution in [1.29, 1.82) is 0 Å². The lowest BCUT2D eigenvalue weighted by Gasteiger charge is -2.33. The van der Waals surface area contributed by atoms with Crippen molar-refractivity contribution in [2.45, 2.75) is 45.1 Å². The summed E-state index contributed by atoms with van der Waals surface area (Å²) in [5.41, 5.74) is 2.69. The summed E-state index contributed by atoms with van der Waals surface area (Å²) in [6, 6.07) is 6.31. The van der Waals surface area contributed by atoms with Gasteiger partial charge in [-0.15, -0.1) is 0 Å². The van der Waals surface area contributed by atoms with Gasteiger partial charge in [-0.3, -0.25) is 4.79 Å². The van der Waals surface area contributed by atoms with Crippen LogP contribution in [0.25, 0.3) is 0 Å². The van der Waals surface area contributed by atoms with Crippen LogP contribution in [0.5, 0.6) is 0 Å². The topological polar surface area (TPSA) is 20.3 Å². The minimum Gasteiger partial charge on any atom is -0.338 e. The van der Waals surface area contributed by atoms with Crippen molar-refractivity contribution in [1.82, 2.24) is 4.90 Å². The molecule has 0 unspecified atom stereocenters. The lowest BCUT2D eigenvalue weighted by Crippen LogP contribution is -2.40. The Kier molecular flexibility index (Phi) is 3.92. The summed E-state index contributed by atoms with van der Waals surface area (Å²) in [5, 5.41) is 0. The second-order valence-corrected chi connectivity index (χ2v) is 6.58. The summed E-state index contributed by atoms with van der Waals surface area (Å²) in [6.07, 6.45) is 6.94. The predicted molar refractivity (Wildman–Crippen MR) is 79.8 cm³/mol. The first-order chi connectivity index (χ1) is 9.25. The molecule has 0 N–H and O–H groups in total. The minimum absolute atomic E-state index is 0.294. The number of fused-ring (bicyclic) bond motifs is 1. The van der Waals surface area contributed by atoms with Gasteiger partial charge in [0.2, 0.25) is 5.91 Å². The average Bonchev–Trinajstić information content (AvgIpc) is 2.47. The maximum atomic E-state index is 12.6. The minimum atomic E-state index is 0.294. The molecule has 1 amide bonds. The Hall–Kier alpha value is -0.830. The van der Waals surface area contributed by atoms with Crippen LogP contribution in [-0.4, -0.2) is 17.4 Å². The molecule has 0 saturated heterocycles. The van der Waals surface area contributed by atoms with E-state index in [-0.39, 0.29) is 0 Å². The highest BCUT2D eigenvalue weighted by Gasteiger charge is 2.28. The lowest BCUT2D eigenvalue weighted by atomic mass is 9.87. The molecule has 19 heavy (non-hydrogen) atoms. The van der Waals surface area contributed by atoms with Crippen molar-refractivity contribution in [3.05, 3.63) is 33.8 Å². The number of hydrogen-bond donors (Lipinski definition) is 0. The van der Waals surface area contributed by atoms with Crippen LogP contribution in [0, 0.1) is 5.92 Å². The summed E-state index contributed by atoms with van der Waals surface area (Å²) in [5.74, 6) is 0.688. The molecule has 3 rings (SSSR count). The van der Waals surface area contributed by atoms with Crippen LogP contribution in [-0.2, 0) is 17.8 Å². The van der Waals surface area contributed by atoms with Crippen LogP contribution >= 0.6 is 15.9 Å². The van der Waals surface area contributed by atoms with E-state index in [2.05, 4.69) is 39.0 Å². The summed E-state index contributed by atoms with van der Waals surface area (Å²) in [7, 11) is 0. The third-order valence-corrected chi connectivity index (χ3v) is 5.22. The van der Waals surface area contributed by atoms with Crippen molar-refractivity contribution in [3.8, 4) is 0 Å². The third-order valence-electron chi connectivity index (χ3n) is 4.47. The van der Waals surface area contributed by atoms with Crippen molar-refractivity contribution >= 4 is 21.8 Å². The molecule has 0 atom stereocenters. The third kappa shape index (κ3) is 2.71. The number of halogens is 1. The van der Waals surface area contributed by atoms with Gasteiger partial charge in [0.15, 0.2) is 0 Å². The van der Waals surface area contributed by atoms with Gasteiger partial charge in [0.1, 0.15) is 0 Å². The van der Waals surface area contributed by atoms with E-state index in [0.29, 0.717) is 11.8 Å². The van der Waals surface area contributed by atoms with Crippen molar-refractivity contribution in [3.63, 3.8) is 0 Å². The first-order valence-corrected chi connectivity index (χ1v) is 8.10.